The smallest absolute Gasteiger partial charge is 0.252 e. The van der Waals surface area contributed by atoms with Crippen LogP contribution in [0.5, 0.6) is 0 Å². The summed E-state index contributed by atoms with van der Waals surface area (Å²) in [6.07, 6.45) is 9.12. The molecule has 1 aliphatic carbocycles. The fraction of sp³-hybridized carbons (Fsp3) is 0.824. The minimum absolute atomic E-state index is 0.0752. The standard InChI is InChI=1S/C17H27N3O3/c1-13-18-16(23-19-13)12-22-15-8-5-9-20(11-15)17(21)10-14-6-3-2-4-7-14/h14-15H,2-12H2,1H3. The average molecular weight is 321 g/mol. The molecule has 1 saturated heterocycles. The van der Waals surface area contributed by atoms with E-state index < -0.39 is 0 Å². The highest BCUT2D eigenvalue weighted by molar-refractivity contribution is 5.76. The van der Waals surface area contributed by atoms with Crippen LogP contribution < -0.4 is 0 Å². The van der Waals surface area contributed by atoms with Gasteiger partial charge in [-0.25, -0.2) is 0 Å². The molecule has 1 aliphatic heterocycles. The number of hydrogen-bond donors (Lipinski definition) is 0. The Morgan fingerprint density at radius 3 is 2.83 bits per heavy atom. The molecule has 2 heterocycles. The van der Waals surface area contributed by atoms with Gasteiger partial charge in [-0.05, 0) is 38.5 Å². The number of likely N-dealkylation sites (tertiary alicyclic amines) is 1. The molecule has 0 N–H and O–H groups in total. The van der Waals surface area contributed by atoms with E-state index in [4.69, 9.17) is 9.26 Å². The topological polar surface area (TPSA) is 68.5 Å². The van der Waals surface area contributed by atoms with Crippen LogP contribution in [-0.2, 0) is 16.1 Å². The Balaban J connectivity index is 1.44. The van der Waals surface area contributed by atoms with Gasteiger partial charge < -0.3 is 14.2 Å². The molecular formula is C17H27N3O3. The van der Waals surface area contributed by atoms with Gasteiger partial charge in [-0.3, -0.25) is 4.79 Å². The zero-order valence-corrected chi connectivity index (χ0v) is 14.0. The normalized spacial score (nSPS) is 23.2. The van der Waals surface area contributed by atoms with Crippen LogP contribution in [0, 0.1) is 12.8 Å². The van der Waals surface area contributed by atoms with Crippen LogP contribution in [0.1, 0.15) is 63.1 Å². The van der Waals surface area contributed by atoms with Crippen LogP contribution >= 0.6 is 0 Å². The van der Waals surface area contributed by atoms with E-state index in [2.05, 4.69) is 10.1 Å². The number of aromatic nitrogens is 2. The van der Waals surface area contributed by atoms with Crippen molar-refractivity contribution in [2.24, 2.45) is 5.92 Å². The van der Waals surface area contributed by atoms with Gasteiger partial charge in [0.1, 0.15) is 6.61 Å². The predicted octanol–water partition coefficient (Wildman–Crippen LogP) is 2.86. The van der Waals surface area contributed by atoms with E-state index in [1.54, 1.807) is 6.92 Å². The Morgan fingerprint density at radius 1 is 1.26 bits per heavy atom. The summed E-state index contributed by atoms with van der Waals surface area (Å²) in [5.74, 6) is 2.03. The maximum Gasteiger partial charge on any atom is 0.252 e. The van der Waals surface area contributed by atoms with Crippen LogP contribution in [-0.4, -0.2) is 40.1 Å². The Morgan fingerprint density at radius 2 is 2.09 bits per heavy atom. The number of hydrogen-bond acceptors (Lipinski definition) is 5. The first-order chi connectivity index (χ1) is 11.2. The summed E-state index contributed by atoms with van der Waals surface area (Å²) in [4.78, 5) is 18.7. The minimum atomic E-state index is 0.0752. The number of aryl methyl sites for hydroxylation is 1. The first-order valence-corrected chi connectivity index (χ1v) is 8.89. The lowest BCUT2D eigenvalue weighted by molar-refractivity contribution is -0.137. The Bertz CT molecular complexity index is 511. The van der Waals surface area contributed by atoms with Gasteiger partial charge in [0.25, 0.3) is 5.89 Å². The van der Waals surface area contributed by atoms with Crippen molar-refractivity contribution in [1.29, 1.82) is 0 Å². The second-order valence-corrected chi connectivity index (χ2v) is 6.86. The summed E-state index contributed by atoms with van der Waals surface area (Å²) in [6.45, 7) is 3.68. The number of rotatable bonds is 5. The third-order valence-corrected chi connectivity index (χ3v) is 4.93. The van der Waals surface area contributed by atoms with E-state index >= 15 is 0 Å². The van der Waals surface area contributed by atoms with Crippen molar-refractivity contribution in [2.45, 2.75) is 71.0 Å². The van der Waals surface area contributed by atoms with E-state index in [-0.39, 0.29) is 6.10 Å². The highest BCUT2D eigenvalue weighted by Crippen LogP contribution is 2.27. The number of amides is 1. The first-order valence-electron chi connectivity index (χ1n) is 8.89. The summed E-state index contributed by atoms with van der Waals surface area (Å²) in [7, 11) is 0. The maximum absolute atomic E-state index is 12.5. The van der Waals surface area contributed by atoms with Gasteiger partial charge in [0.05, 0.1) is 6.10 Å². The molecule has 1 aromatic heterocycles. The fourth-order valence-corrected chi connectivity index (χ4v) is 3.66. The van der Waals surface area contributed by atoms with Crippen LogP contribution in [0.25, 0.3) is 0 Å². The van der Waals surface area contributed by atoms with Crippen molar-refractivity contribution in [3.8, 4) is 0 Å². The van der Waals surface area contributed by atoms with Crippen LogP contribution in [0.3, 0.4) is 0 Å². The molecule has 23 heavy (non-hydrogen) atoms. The van der Waals surface area contributed by atoms with Gasteiger partial charge >= 0.3 is 0 Å². The molecule has 6 nitrogen and oxygen atoms in total. The van der Waals surface area contributed by atoms with Gasteiger partial charge in [-0.1, -0.05) is 24.4 Å². The molecule has 128 valence electrons. The highest BCUT2D eigenvalue weighted by Gasteiger charge is 2.26. The zero-order chi connectivity index (χ0) is 16.1. The molecule has 1 unspecified atom stereocenters. The molecule has 1 amide bonds. The van der Waals surface area contributed by atoms with E-state index in [0.29, 0.717) is 36.7 Å². The van der Waals surface area contributed by atoms with Gasteiger partial charge in [-0.2, -0.15) is 4.98 Å². The number of carbonyl (C=O) groups excluding carboxylic acids is 1. The Hall–Kier alpha value is -1.43. The molecule has 2 aliphatic rings. The molecule has 2 fully saturated rings. The number of ether oxygens (including phenoxy) is 1. The average Bonchev–Trinajstić information content (AvgIpc) is 3.00. The van der Waals surface area contributed by atoms with Gasteiger partial charge in [-0.15, -0.1) is 0 Å². The number of carbonyl (C=O) groups is 1. The third-order valence-electron chi connectivity index (χ3n) is 4.93. The molecule has 1 saturated carbocycles. The monoisotopic (exact) mass is 321 g/mol. The number of nitrogens with zero attached hydrogens (tertiary/aromatic N) is 3. The second kappa shape index (κ2) is 7.90. The van der Waals surface area contributed by atoms with Gasteiger partial charge in [0, 0.05) is 19.5 Å². The van der Waals surface area contributed by atoms with Crippen molar-refractivity contribution in [2.75, 3.05) is 13.1 Å². The van der Waals surface area contributed by atoms with E-state index in [1.807, 2.05) is 4.90 Å². The molecule has 0 spiro atoms. The van der Waals surface area contributed by atoms with Crippen molar-refractivity contribution >= 4 is 5.91 Å². The summed E-state index contributed by atoms with van der Waals surface area (Å²) in [6, 6.07) is 0. The molecular weight excluding hydrogens is 294 g/mol. The molecule has 0 radical (unpaired) electrons. The van der Waals surface area contributed by atoms with Crippen LogP contribution in [0.4, 0.5) is 0 Å². The zero-order valence-electron chi connectivity index (χ0n) is 14.0. The second-order valence-electron chi connectivity index (χ2n) is 6.86. The lowest BCUT2D eigenvalue weighted by Gasteiger charge is -2.33. The predicted molar refractivity (Wildman–Crippen MR) is 84.6 cm³/mol. The summed E-state index contributed by atoms with van der Waals surface area (Å²) >= 11 is 0. The molecule has 1 aromatic rings. The lowest BCUT2D eigenvalue weighted by atomic mass is 9.86. The Kier molecular flexibility index (Phi) is 5.65. The van der Waals surface area contributed by atoms with Crippen LogP contribution in [0.2, 0.25) is 0 Å². The van der Waals surface area contributed by atoms with E-state index in [0.717, 1.165) is 25.8 Å². The minimum Gasteiger partial charge on any atom is -0.367 e. The first kappa shape index (κ1) is 16.4. The maximum atomic E-state index is 12.5. The quantitative estimate of drug-likeness (QED) is 0.834. The summed E-state index contributed by atoms with van der Waals surface area (Å²) in [5, 5.41) is 3.76. The van der Waals surface area contributed by atoms with Crippen molar-refractivity contribution < 1.29 is 14.1 Å². The largest absolute Gasteiger partial charge is 0.367 e. The SMILES string of the molecule is Cc1noc(COC2CCCN(C(=O)CC3CCCCC3)C2)n1. The van der Waals surface area contributed by atoms with Gasteiger partial charge in [0.2, 0.25) is 5.91 Å². The fourth-order valence-electron chi connectivity index (χ4n) is 3.66. The molecule has 0 bridgehead atoms. The van der Waals surface area contributed by atoms with E-state index in [1.165, 1.54) is 32.1 Å². The van der Waals surface area contributed by atoms with E-state index in [9.17, 15) is 4.79 Å². The van der Waals surface area contributed by atoms with Gasteiger partial charge in [0.15, 0.2) is 5.82 Å². The Labute approximate surface area is 137 Å². The van der Waals surface area contributed by atoms with Crippen LogP contribution in [0.15, 0.2) is 4.52 Å². The number of piperidine rings is 1. The van der Waals surface area contributed by atoms with Crippen molar-refractivity contribution in [1.82, 2.24) is 15.0 Å². The summed E-state index contributed by atoms with van der Waals surface area (Å²) < 4.78 is 10.9. The highest BCUT2D eigenvalue weighted by atomic mass is 16.5. The molecule has 0 aromatic carbocycles. The molecule has 3 rings (SSSR count). The summed E-state index contributed by atoms with van der Waals surface area (Å²) in [5.41, 5.74) is 0. The van der Waals surface area contributed by atoms with Crippen molar-refractivity contribution in [3.63, 3.8) is 0 Å². The lowest BCUT2D eigenvalue weighted by Crippen LogP contribution is -2.43. The van der Waals surface area contributed by atoms with Crippen molar-refractivity contribution in [3.05, 3.63) is 11.7 Å². The third kappa shape index (κ3) is 4.77. The molecule has 6 heteroatoms. The molecule has 1 atom stereocenters.